The Morgan fingerprint density at radius 3 is 2.47 bits per heavy atom. The first-order chi connectivity index (χ1) is 15.2. The van der Waals surface area contributed by atoms with Gasteiger partial charge < -0.3 is 10.6 Å². The summed E-state index contributed by atoms with van der Waals surface area (Å²) < 4.78 is 40.2. The van der Waals surface area contributed by atoms with Crippen LogP contribution in [0.4, 0.5) is 13.2 Å². The van der Waals surface area contributed by atoms with Gasteiger partial charge >= 0.3 is 6.18 Å². The van der Waals surface area contributed by atoms with Crippen molar-refractivity contribution in [1.29, 1.82) is 0 Å². The van der Waals surface area contributed by atoms with Gasteiger partial charge in [-0.3, -0.25) is 14.9 Å². The van der Waals surface area contributed by atoms with Crippen molar-refractivity contribution in [2.75, 3.05) is 0 Å². The van der Waals surface area contributed by atoms with Crippen molar-refractivity contribution in [3.8, 4) is 0 Å². The molecule has 32 heavy (non-hydrogen) atoms. The van der Waals surface area contributed by atoms with E-state index in [1.165, 1.54) is 24.5 Å². The van der Waals surface area contributed by atoms with Crippen LogP contribution in [0.5, 0.6) is 0 Å². The smallest absolute Gasteiger partial charge is 0.348 e. The normalized spacial score (nSPS) is 19.9. The first kappa shape index (κ1) is 21.7. The van der Waals surface area contributed by atoms with E-state index < -0.39 is 35.9 Å². The Morgan fingerprint density at radius 2 is 1.78 bits per heavy atom. The first-order valence-electron chi connectivity index (χ1n) is 9.95. The molecule has 0 aliphatic carbocycles. The fraction of sp³-hybridized carbons (Fsp3) is 0.273. The van der Waals surface area contributed by atoms with Crippen molar-refractivity contribution in [2.24, 2.45) is 0 Å². The summed E-state index contributed by atoms with van der Waals surface area (Å²) in [6.07, 6.45) is -2.25. The second-order valence-electron chi connectivity index (χ2n) is 7.51. The summed E-state index contributed by atoms with van der Waals surface area (Å²) in [7, 11) is 0. The highest BCUT2D eigenvalue weighted by molar-refractivity contribution is 5.92. The second kappa shape index (κ2) is 8.54. The minimum atomic E-state index is -4.49. The molecule has 10 heteroatoms. The van der Waals surface area contributed by atoms with E-state index in [1.54, 1.807) is 31.2 Å². The molecule has 2 heterocycles. The van der Waals surface area contributed by atoms with Gasteiger partial charge in [-0.05, 0) is 35.4 Å². The number of alkyl halides is 3. The van der Waals surface area contributed by atoms with E-state index in [-0.39, 0.29) is 17.7 Å². The third kappa shape index (κ3) is 4.40. The predicted octanol–water partition coefficient (Wildman–Crippen LogP) is 3.00. The third-order valence-corrected chi connectivity index (χ3v) is 5.31. The number of halogens is 3. The van der Waals surface area contributed by atoms with Crippen LogP contribution in [0.15, 0.2) is 54.9 Å². The highest BCUT2D eigenvalue weighted by atomic mass is 19.4. The zero-order valence-electron chi connectivity index (χ0n) is 17.0. The SMILES string of the molecule is C[C@@H](NC(=O)C1CC(=O)NC(c2ncccn2)N1)c1ccc(C(F)(F)F)c2ccccc12. The molecule has 3 atom stereocenters. The summed E-state index contributed by atoms with van der Waals surface area (Å²) in [5.41, 5.74) is -0.183. The van der Waals surface area contributed by atoms with E-state index >= 15 is 0 Å². The number of carbonyl (C=O) groups is 2. The maximum atomic E-state index is 13.4. The lowest BCUT2D eigenvalue weighted by molar-refractivity contribution is -0.136. The molecule has 0 spiro atoms. The van der Waals surface area contributed by atoms with Gasteiger partial charge in [0.15, 0.2) is 5.82 Å². The molecule has 2 unspecified atom stereocenters. The molecule has 1 fully saturated rings. The molecule has 1 aliphatic rings. The number of hydrogen-bond acceptors (Lipinski definition) is 5. The van der Waals surface area contributed by atoms with Gasteiger partial charge in [-0.25, -0.2) is 9.97 Å². The third-order valence-electron chi connectivity index (χ3n) is 5.31. The highest BCUT2D eigenvalue weighted by Crippen LogP contribution is 2.37. The summed E-state index contributed by atoms with van der Waals surface area (Å²) >= 11 is 0. The van der Waals surface area contributed by atoms with Crippen LogP contribution in [-0.4, -0.2) is 27.8 Å². The molecule has 0 bridgehead atoms. The Labute approximate surface area is 181 Å². The number of rotatable bonds is 4. The van der Waals surface area contributed by atoms with Gasteiger partial charge in [0.2, 0.25) is 11.8 Å². The van der Waals surface area contributed by atoms with E-state index in [9.17, 15) is 22.8 Å². The number of carbonyl (C=O) groups excluding carboxylic acids is 2. The highest BCUT2D eigenvalue weighted by Gasteiger charge is 2.35. The second-order valence-corrected chi connectivity index (χ2v) is 7.51. The Balaban J connectivity index is 1.55. The minimum absolute atomic E-state index is 0.0649. The zero-order chi connectivity index (χ0) is 22.9. The summed E-state index contributed by atoms with van der Waals surface area (Å²) in [5, 5.41) is 8.96. The number of fused-ring (bicyclic) bond motifs is 1. The van der Waals surface area contributed by atoms with E-state index in [2.05, 4.69) is 25.9 Å². The minimum Gasteiger partial charge on any atom is -0.348 e. The maximum Gasteiger partial charge on any atom is 0.417 e. The van der Waals surface area contributed by atoms with Gasteiger partial charge in [-0.1, -0.05) is 30.3 Å². The average molecular weight is 443 g/mol. The molecule has 1 aromatic heterocycles. The van der Waals surface area contributed by atoms with Gasteiger partial charge in [0, 0.05) is 12.4 Å². The van der Waals surface area contributed by atoms with Crippen LogP contribution in [-0.2, 0) is 15.8 Å². The van der Waals surface area contributed by atoms with E-state index in [1.807, 2.05) is 0 Å². The molecule has 0 saturated carbocycles. The van der Waals surface area contributed by atoms with Gasteiger partial charge in [0.1, 0.15) is 6.17 Å². The van der Waals surface area contributed by atoms with Crippen molar-refractivity contribution in [3.05, 3.63) is 71.8 Å². The quantitative estimate of drug-likeness (QED) is 0.576. The lowest BCUT2D eigenvalue weighted by Gasteiger charge is -2.30. The lowest BCUT2D eigenvalue weighted by atomic mass is 9.95. The van der Waals surface area contributed by atoms with Crippen LogP contribution in [0.1, 0.15) is 42.5 Å². The molecule has 4 rings (SSSR count). The Bertz CT molecular complexity index is 1150. The summed E-state index contributed by atoms with van der Waals surface area (Å²) in [5.74, 6) is -0.466. The van der Waals surface area contributed by atoms with Crippen molar-refractivity contribution >= 4 is 22.6 Å². The lowest BCUT2D eigenvalue weighted by Crippen LogP contribution is -2.56. The van der Waals surface area contributed by atoms with Crippen molar-refractivity contribution in [2.45, 2.75) is 37.8 Å². The predicted molar refractivity (Wildman–Crippen MR) is 110 cm³/mol. The molecule has 2 aromatic carbocycles. The summed E-state index contributed by atoms with van der Waals surface area (Å²) in [6.45, 7) is 1.69. The van der Waals surface area contributed by atoms with Crippen LogP contribution in [0.3, 0.4) is 0 Å². The van der Waals surface area contributed by atoms with Gasteiger partial charge in [-0.2, -0.15) is 13.2 Å². The van der Waals surface area contributed by atoms with Crippen LogP contribution < -0.4 is 16.0 Å². The monoisotopic (exact) mass is 443 g/mol. The molecular formula is C22H20F3N5O2. The number of nitrogens with zero attached hydrogens (tertiary/aromatic N) is 2. The molecule has 2 amide bonds. The Kier molecular flexibility index (Phi) is 5.79. The number of nitrogens with one attached hydrogen (secondary N) is 3. The maximum absolute atomic E-state index is 13.4. The van der Waals surface area contributed by atoms with Crippen LogP contribution in [0.25, 0.3) is 10.8 Å². The van der Waals surface area contributed by atoms with Gasteiger partial charge in [-0.15, -0.1) is 0 Å². The van der Waals surface area contributed by atoms with E-state index in [0.29, 0.717) is 16.8 Å². The molecule has 166 valence electrons. The largest absolute Gasteiger partial charge is 0.417 e. The van der Waals surface area contributed by atoms with Gasteiger partial charge in [0.25, 0.3) is 0 Å². The van der Waals surface area contributed by atoms with Crippen molar-refractivity contribution in [3.63, 3.8) is 0 Å². The van der Waals surface area contributed by atoms with E-state index in [4.69, 9.17) is 0 Å². The Morgan fingerprint density at radius 1 is 1.09 bits per heavy atom. The fourth-order valence-corrected chi connectivity index (χ4v) is 3.81. The van der Waals surface area contributed by atoms with Gasteiger partial charge in [0.05, 0.1) is 24.1 Å². The van der Waals surface area contributed by atoms with Crippen molar-refractivity contribution < 1.29 is 22.8 Å². The Hall–Kier alpha value is -3.53. The molecule has 7 nitrogen and oxygen atoms in total. The topological polar surface area (TPSA) is 96.0 Å². The zero-order valence-corrected chi connectivity index (χ0v) is 17.0. The number of aromatic nitrogens is 2. The molecule has 1 aliphatic heterocycles. The molecule has 3 aromatic rings. The van der Waals surface area contributed by atoms with Crippen LogP contribution >= 0.6 is 0 Å². The van der Waals surface area contributed by atoms with Crippen molar-refractivity contribution in [1.82, 2.24) is 25.9 Å². The standard InChI is InChI=1S/C22H20F3N5O2/c1-12(13-7-8-16(22(23,24)25)15-6-3-2-5-14(13)15)28-21(32)17-11-18(31)30-20(29-17)19-26-9-4-10-27-19/h2-10,12,17,20,29H,11H2,1H3,(H,28,32)(H,30,31)/t12-,17?,20?/m1/s1. The molecule has 0 radical (unpaired) electrons. The molecule has 1 saturated heterocycles. The van der Waals surface area contributed by atoms with Crippen LogP contribution in [0.2, 0.25) is 0 Å². The fourth-order valence-electron chi connectivity index (χ4n) is 3.81. The molecular weight excluding hydrogens is 423 g/mol. The average Bonchev–Trinajstić information content (AvgIpc) is 2.77. The number of hydrogen-bond donors (Lipinski definition) is 3. The summed E-state index contributed by atoms with van der Waals surface area (Å²) in [4.78, 5) is 33.2. The first-order valence-corrected chi connectivity index (χ1v) is 9.95. The number of benzene rings is 2. The molecule has 3 N–H and O–H groups in total. The number of amides is 2. The van der Waals surface area contributed by atoms with E-state index in [0.717, 1.165) is 6.07 Å². The van der Waals surface area contributed by atoms with Crippen LogP contribution in [0, 0.1) is 0 Å². The summed E-state index contributed by atoms with van der Waals surface area (Å²) in [6, 6.07) is 8.79.